The molecule has 0 aromatic rings. The van der Waals surface area contributed by atoms with Crippen LogP contribution in [0.15, 0.2) is 0 Å². The Morgan fingerprint density at radius 3 is 1.44 bits per heavy atom. The third kappa shape index (κ3) is 27.5. The summed E-state index contributed by atoms with van der Waals surface area (Å²) < 4.78 is 20.6. The molecule has 0 heterocycles. The van der Waals surface area contributed by atoms with Crippen molar-refractivity contribution >= 4 is 31.5 Å². The van der Waals surface area contributed by atoms with Gasteiger partial charge in [0.05, 0.1) is 0 Å². The van der Waals surface area contributed by atoms with Crippen LogP contribution in [0.3, 0.4) is 0 Å². The lowest BCUT2D eigenvalue weighted by Crippen LogP contribution is -2.52. The van der Waals surface area contributed by atoms with E-state index in [2.05, 4.69) is 46.4 Å². The largest absolute Gasteiger partial charge is 0.502 e. The summed E-state index contributed by atoms with van der Waals surface area (Å²) in [6.07, 6.45) is 28.6. The Hall–Kier alpha value is -0.253. The molecule has 0 aliphatic rings. The molecular formula is C40H81NO5SSi. The molecule has 0 aromatic carbocycles. The fourth-order valence-electron chi connectivity index (χ4n) is 5.94. The van der Waals surface area contributed by atoms with E-state index in [1.165, 1.54) is 102 Å². The quantitative estimate of drug-likeness (QED) is 0.0273. The number of hydrogen-bond donors (Lipinski definition) is 0. The van der Waals surface area contributed by atoms with Gasteiger partial charge in [0.2, 0.25) is 5.78 Å². The average molecular weight is 716 g/mol. The first-order valence-corrected chi connectivity index (χ1v) is 23.7. The zero-order valence-corrected chi connectivity index (χ0v) is 34.7. The molecule has 0 aromatic heterocycles. The number of carbonyl (C=O) groups excluding carboxylic acids is 2. The Morgan fingerprint density at radius 1 is 0.562 bits per heavy atom. The second-order valence-corrected chi connectivity index (χ2v) is 17.7. The number of rotatable bonds is 38. The Bertz CT molecular complexity index is 698. The number of hydrogen-bond acceptors (Lipinski definition) is 7. The van der Waals surface area contributed by atoms with E-state index in [0.29, 0.717) is 31.4 Å². The lowest BCUT2D eigenvalue weighted by Gasteiger charge is -2.37. The number of carbonyl (C=O) groups is 2. The van der Waals surface area contributed by atoms with Crippen LogP contribution in [0.4, 0.5) is 0 Å². The summed E-state index contributed by atoms with van der Waals surface area (Å²) in [7, 11) is -3.05. The van der Waals surface area contributed by atoms with Crippen molar-refractivity contribution in [3.05, 3.63) is 0 Å². The third-order valence-electron chi connectivity index (χ3n) is 9.20. The normalized spacial score (nSPS) is 12.6. The molecule has 0 fully saturated rings. The summed E-state index contributed by atoms with van der Waals surface area (Å²) >= 11 is 1.17. The Labute approximate surface area is 304 Å². The molecule has 0 rings (SSSR count). The molecule has 0 N–H and O–H groups in total. The number of unbranched alkanes of at least 4 members (excludes halogenated alkanes) is 18. The van der Waals surface area contributed by atoms with Gasteiger partial charge in [-0.2, -0.15) is 0 Å². The molecule has 0 saturated heterocycles. The number of nitrogens with zero attached hydrogens (tertiary/aromatic N) is 1. The molecule has 0 saturated carbocycles. The van der Waals surface area contributed by atoms with Crippen LogP contribution in [0.2, 0.25) is 6.04 Å². The minimum atomic E-state index is -3.05. The van der Waals surface area contributed by atoms with Crippen LogP contribution in [-0.4, -0.2) is 62.9 Å². The topological polar surface area (TPSA) is 65.1 Å². The van der Waals surface area contributed by atoms with Gasteiger partial charge in [-0.15, -0.1) is 0 Å². The maximum atomic E-state index is 12.6. The highest BCUT2D eigenvalue weighted by Crippen LogP contribution is 2.25. The highest BCUT2D eigenvalue weighted by atomic mass is 32.2. The summed E-state index contributed by atoms with van der Waals surface area (Å²) in [4.78, 5) is 27.4. The van der Waals surface area contributed by atoms with E-state index in [0.717, 1.165) is 77.3 Å². The van der Waals surface area contributed by atoms with E-state index in [-0.39, 0.29) is 17.1 Å². The monoisotopic (exact) mass is 716 g/mol. The van der Waals surface area contributed by atoms with Crippen molar-refractivity contribution in [3.63, 3.8) is 0 Å². The van der Waals surface area contributed by atoms with Gasteiger partial charge >= 0.3 is 8.80 Å². The van der Waals surface area contributed by atoms with Gasteiger partial charge in [0.1, 0.15) is 6.23 Å². The zero-order chi connectivity index (χ0) is 35.6. The molecule has 0 radical (unpaired) electrons. The molecule has 6 nitrogen and oxygen atoms in total. The standard InChI is InChI=1S/C40H81NO5SSi/c1-7-12-17-19-21-23-25-28-34-44-48(45-35-29-26-24-22-20-18-13-8-2,46-38(6)41(32-15-10-4)33-16-11-5)37-30-36-47-40(43)39(42)31-27-14-9-3/h38H,7-37H2,1-6H3. The van der Waals surface area contributed by atoms with Crippen LogP contribution in [0.5, 0.6) is 0 Å². The van der Waals surface area contributed by atoms with Gasteiger partial charge in [0.25, 0.3) is 5.12 Å². The van der Waals surface area contributed by atoms with E-state index in [9.17, 15) is 9.59 Å². The van der Waals surface area contributed by atoms with E-state index < -0.39 is 8.80 Å². The molecule has 0 amide bonds. The van der Waals surface area contributed by atoms with Gasteiger partial charge in [0.15, 0.2) is 0 Å². The van der Waals surface area contributed by atoms with Crippen molar-refractivity contribution in [2.75, 3.05) is 32.1 Å². The maximum Gasteiger partial charge on any atom is 0.502 e. The highest BCUT2D eigenvalue weighted by Gasteiger charge is 2.43. The summed E-state index contributed by atoms with van der Waals surface area (Å²) in [5.41, 5.74) is 0. The molecule has 1 atom stereocenters. The fraction of sp³-hybridized carbons (Fsp3) is 0.950. The highest BCUT2D eigenvalue weighted by molar-refractivity contribution is 8.15. The van der Waals surface area contributed by atoms with Crippen molar-refractivity contribution < 1.29 is 22.9 Å². The molecular weight excluding hydrogens is 635 g/mol. The van der Waals surface area contributed by atoms with Gasteiger partial charge in [-0.25, -0.2) is 0 Å². The van der Waals surface area contributed by atoms with Crippen molar-refractivity contribution in [1.82, 2.24) is 4.90 Å². The van der Waals surface area contributed by atoms with Crippen LogP contribution >= 0.6 is 11.8 Å². The van der Waals surface area contributed by atoms with E-state index in [4.69, 9.17) is 13.3 Å². The van der Waals surface area contributed by atoms with Gasteiger partial charge in [-0.05, 0) is 45.4 Å². The van der Waals surface area contributed by atoms with Crippen molar-refractivity contribution in [1.29, 1.82) is 0 Å². The summed E-state index contributed by atoms with van der Waals surface area (Å²) in [6, 6.07) is 0.686. The number of Topliss-reactive ketones (excluding diaryl/α,β-unsaturated/α-hetero) is 1. The predicted octanol–water partition coefficient (Wildman–Crippen LogP) is 12.3. The first kappa shape index (κ1) is 47.7. The summed E-state index contributed by atoms with van der Waals surface area (Å²) in [5.74, 6) is 0.365. The van der Waals surface area contributed by atoms with Gasteiger partial charge in [-0.1, -0.05) is 162 Å². The fourth-order valence-corrected chi connectivity index (χ4v) is 9.75. The SMILES string of the molecule is CCCCCCCCCCO[Si](CCCSC(=O)C(=O)CCCCC)(OCCCCCCCCCC)OC(C)N(CCCC)CCCC. The van der Waals surface area contributed by atoms with Crippen molar-refractivity contribution in [2.45, 2.75) is 214 Å². The number of ketones is 1. The molecule has 0 aliphatic carbocycles. The second kappa shape index (κ2) is 35.2. The zero-order valence-electron chi connectivity index (χ0n) is 32.9. The van der Waals surface area contributed by atoms with Gasteiger partial charge in [-0.3, -0.25) is 14.5 Å². The Balaban J connectivity index is 5.55. The molecule has 0 aliphatic heterocycles. The lowest BCUT2D eigenvalue weighted by atomic mass is 10.1. The van der Waals surface area contributed by atoms with Crippen LogP contribution in [0, 0.1) is 0 Å². The van der Waals surface area contributed by atoms with E-state index in [1.54, 1.807) is 0 Å². The molecule has 286 valence electrons. The molecule has 48 heavy (non-hydrogen) atoms. The minimum Gasteiger partial charge on any atom is -0.373 e. The Kier molecular flexibility index (Phi) is 35.0. The minimum absolute atomic E-state index is 0.0821. The third-order valence-corrected chi connectivity index (χ3v) is 13.1. The van der Waals surface area contributed by atoms with E-state index >= 15 is 0 Å². The summed E-state index contributed by atoms with van der Waals surface area (Å²) in [6.45, 7) is 16.7. The summed E-state index contributed by atoms with van der Waals surface area (Å²) in [5, 5.41) is -0.294. The average Bonchev–Trinajstić information content (AvgIpc) is 3.08. The van der Waals surface area contributed by atoms with Crippen LogP contribution in [0.1, 0.15) is 202 Å². The molecule has 0 bridgehead atoms. The van der Waals surface area contributed by atoms with Crippen molar-refractivity contribution in [2.24, 2.45) is 0 Å². The van der Waals surface area contributed by atoms with Gasteiger partial charge < -0.3 is 13.3 Å². The van der Waals surface area contributed by atoms with Crippen LogP contribution in [0.25, 0.3) is 0 Å². The van der Waals surface area contributed by atoms with Crippen molar-refractivity contribution in [3.8, 4) is 0 Å². The predicted molar refractivity (Wildman–Crippen MR) is 211 cm³/mol. The second-order valence-electron chi connectivity index (χ2n) is 13.9. The maximum absolute atomic E-state index is 12.6. The van der Waals surface area contributed by atoms with E-state index in [1.807, 2.05) is 0 Å². The molecule has 8 heteroatoms. The first-order valence-electron chi connectivity index (χ1n) is 20.8. The smallest absolute Gasteiger partial charge is 0.373 e. The first-order chi connectivity index (χ1) is 23.4. The molecule has 1 unspecified atom stereocenters. The van der Waals surface area contributed by atoms with Crippen LogP contribution < -0.4 is 0 Å². The Morgan fingerprint density at radius 2 is 0.979 bits per heavy atom. The molecule has 0 spiro atoms. The lowest BCUT2D eigenvalue weighted by molar-refractivity contribution is -0.131. The number of thioether (sulfide) groups is 1. The van der Waals surface area contributed by atoms with Crippen LogP contribution in [-0.2, 0) is 22.9 Å². The van der Waals surface area contributed by atoms with Gasteiger partial charge in [0, 0.05) is 44.5 Å².